The lowest BCUT2D eigenvalue weighted by Crippen LogP contribution is -2.17. The number of thioether (sulfide) groups is 1. The molecule has 1 aromatic rings. The van der Waals surface area contributed by atoms with Crippen molar-refractivity contribution >= 4 is 17.7 Å². The van der Waals surface area contributed by atoms with Gasteiger partial charge < -0.3 is 9.84 Å². The first-order valence-electron chi connectivity index (χ1n) is 5.65. The summed E-state index contributed by atoms with van der Waals surface area (Å²) in [7, 11) is 0. The highest BCUT2D eigenvalue weighted by atomic mass is 32.2. The van der Waals surface area contributed by atoms with Crippen molar-refractivity contribution in [2.45, 2.75) is 17.9 Å². The quantitative estimate of drug-likeness (QED) is 0.834. The monoisotopic (exact) mass is 253 g/mol. The average molecular weight is 253 g/mol. The molecule has 1 aliphatic rings. The summed E-state index contributed by atoms with van der Waals surface area (Å²) in [6.45, 7) is 1.68. The van der Waals surface area contributed by atoms with E-state index in [0.717, 1.165) is 36.8 Å². The van der Waals surface area contributed by atoms with Crippen LogP contribution in [0.1, 0.15) is 23.2 Å². The van der Waals surface area contributed by atoms with E-state index < -0.39 is 5.97 Å². The molecular formula is C12H15NO3S. The van der Waals surface area contributed by atoms with Gasteiger partial charge in [-0.15, -0.1) is 11.8 Å². The van der Waals surface area contributed by atoms with Gasteiger partial charge in [0.25, 0.3) is 0 Å². The molecule has 0 aromatic carbocycles. The van der Waals surface area contributed by atoms with Crippen LogP contribution < -0.4 is 0 Å². The molecule has 0 atom stereocenters. The summed E-state index contributed by atoms with van der Waals surface area (Å²) in [6, 6.07) is 3.15. The predicted octanol–water partition coefficient (Wildman–Crippen LogP) is 2.30. The Bertz CT molecular complexity index is 391. The van der Waals surface area contributed by atoms with E-state index in [1.807, 2.05) is 0 Å². The second-order valence-electron chi connectivity index (χ2n) is 4.05. The summed E-state index contributed by atoms with van der Waals surface area (Å²) in [6.07, 6.45) is 3.73. The molecular weight excluding hydrogens is 238 g/mol. The number of hydrogen-bond donors (Lipinski definition) is 1. The molecule has 1 fully saturated rings. The van der Waals surface area contributed by atoms with Gasteiger partial charge in [-0.2, -0.15) is 0 Å². The molecule has 17 heavy (non-hydrogen) atoms. The van der Waals surface area contributed by atoms with Gasteiger partial charge in [0.05, 0.1) is 10.6 Å². The number of pyridine rings is 1. The van der Waals surface area contributed by atoms with Crippen molar-refractivity contribution in [2.75, 3.05) is 19.0 Å². The summed E-state index contributed by atoms with van der Waals surface area (Å²) in [5.74, 6) is 0.740. The molecule has 2 rings (SSSR count). The first-order chi connectivity index (χ1) is 8.25. The lowest BCUT2D eigenvalue weighted by molar-refractivity contribution is 0.0696. The third kappa shape index (κ3) is 3.71. The van der Waals surface area contributed by atoms with Crippen molar-refractivity contribution in [3.63, 3.8) is 0 Å². The number of carboxylic acid groups (broad SMARTS) is 1. The number of nitrogens with zero attached hydrogens (tertiary/aromatic N) is 1. The van der Waals surface area contributed by atoms with Crippen molar-refractivity contribution in [1.82, 2.24) is 4.98 Å². The molecule has 1 aliphatic heterocycles. The highest BCUT2D eigenvalue weighted by molar-refractivity contribution is 7.99. The highest BCUT2D eigenvalue weighted by Gasteiger charge is 2.14. The molecule has 2 heterocycles. The number of carbonyl (C=O) groups is 1. The fourth-order valence-electron chi connectivity index (χ4n) is 1.74. The smallest absolute Gasteiger partial charge is 0.335 e. The van der Waals surface area contributed by atoms with Gasteiger partial charge in [-0.1, -0.05) is 0 Å². The van der Waals surface area contributed by atoms with E-state index >= 15 is 0 Å². The molecule has 0 aliphatic carbocycles. The molecule has 0 bridgehead atoms. The molecule has 1 saturated heterocycles. The van der Waals surface area contributed by atoms with Crippen molar-refractivity contribution < 1.29 is 14.6 Å². The van der Waals surface area contributed by atoms with Crippen molar-refractivity contribution in [3.05, 3.63) is 23.9 Å². The Morgan fingerprint density at radius 3 is 3.00 bits per heavy atom. The molecule has 1 N–H and O–H groups in total. The van der Waals surface area contributed by atoms with Crippen molar-refractivity contribution in [1.29, 1.82) is 0 Å². The van der Waals surface area contributed by atoms with E-state index in [-0.39, 0.29) is 0 Å². The van der Waals surface area contributed by atoms with Crippen LogP contribution in [0.15, 0.2) is 23.4 Å². The minimum Gasteiger partial charge on any atom is -0.478 e. The fraction of sp³-hybridized carbons (Fsp3) is 0.500. The number of rotatable bonds is 4. The largest absolute Gasteiger partial charge is 0.478 e. The van der Waals surface area contributed by atoms with E-state index in [1.165, 1.54) is 6.07 Å². The van der Waals surface area contributed by atoms with E-state index in [0.29, 0.717) is 11.5 Å². The maximum Gasteiger partial charge on any atom is 0.335 e. The summed E-state index contributed by atoms with van der Waals surface area (Å²) < 4.78 is 5.30. The average Bonchev–Trinajstić information content (AvgIpc) is 2.38. The van der Waals surface area contributed by atoms with E-state index in [4.69, 9.17) is 9.84 Å². The minimum absolute atomic E-state index is 0.300. The van der Waals surface area contributed by atoms with Gasteiger partial charge in [0.15, 0.2) is 0 Å². The Labute approximate surface area is 104 Å². The zero-order valence-corrected chi connectivity index (χ0v) is 10.3. The van der Waals surface area contributed by atoms with Gasteiger partial charge in [0.1, 0.15) is 0 Å². The topological polar surface area (TPSA) is 59.4 Å². The van der Waals surface area contributed by atoms with Gasteiger partial charge in [-0.25, -0.2) is 9.78 Å². The van der Waals surface area contributed by atoms with Gasteiger partial charge in [0, 0.05) is 25.2 Å². The number of aromatic carboxylic acids is 1. The zero-order valence-electron chi connectivity index (χ0n) is 9.46. The SMILES string of the molecule is O=C(O)c1ccnc(SCC2CCOCC2)c1. The first kappa shape index (κ1) is 12.4. The molecule has 92 valence electrons. The van der Waals surface area contributed by atoms with Gasteiger partial charge in [-0.05, 0) is 30.9 Å². The molecule has 5 heteroatoms. The van der Waals surface area contributed by atoms with Crippen LogP contribution in [0.5, 0.6) is 0 Å². The van der Waals surface area contributed by atoms with Crippen LogP contribution in [-0.2, 0) is 4.74 Å². The van der Waals surface area contributed by atoms with Crippen LogP contribution in [0.3, 0.4) is 0 Å². The summed E-state index contributed by atoms with van der Waals surface area (Å²) in [5, 5.41) is 9.66. The van der Waals surface area contributed by atoms with Crippen LogP contribution in [0.2, 0.25) is 0 Å². The van der Waals surface area contributed by atoms with E-state index in [1.54, 1.807) is 24.0 Å². The highest BCUT2D eigenvalue weighted by Crippen LogP contribution is 2.24. The Morgan fingerprint density at radius 1 is 1.53 bits per heavy atom. The lowest BCUT2D eigenvalue weighted by Gasteiger charge is -2.21. The Kier molecular flexibility index (Phi) is 4.39. The third-order valence-electron chi connectivity index (χ3n) is 2.79. The fourth-order valence-corrected chi connectivity index (χ4v) is 2.82. The molecule has 0 unspecified atom stereocenters. The number of hydrogen-bond acceptors (Lipinski definition) is 4. The molecule has 4 nitrogen and oxygen atoms in total. The number of ether oxygens (including phenoxy) is 1. The first-order valence-corrected chi connectivity index (χ1v) is 6.64. The summed E-state index contributed by atoms with van der Waals surface area (Å²) in [5.41, 5.74) is 0.300. The predicted molar refractivity (Wildman–Crippen MR) is 65.5 cm³/mol. The van der Waals surface area contributed by atoms with Crippen LogP contribution in [0.4, 0.5) is 0 Å². The van der Waals surface area contributed by atoms with E-state index in [2.05, 4.69) is 4.98 Å². The number of aromatic nitrogens is 1. The van der Waals surface area contributed by atoms with Gasteiger partial charge >= 0.3 is 5.97 Å². The van der Waals surface area contributed by atoms with Crippen LogP contribution in [0, 0.1) is 5.92 Å². The second kappa shape index (κ2) is 6.02. The zero-order chi connectivity index (χ0) is 12.1. The lowest BCUT2D eigenvalue weighted by atomic mass is 10.0. The maximum absolute atomic E-state index is 10.8. The Morgan fingerprint density at radius 2 is 2.29 bits per heavy atom. The Balaban J connectivity index is 1.89. The number of carboxylic acids is 1. The van der Waals surface area contributed by atoms with E-state index in [9.17, 15) is 4.79 Å². The summed E-state index contributed by atoms with van der Waals surface area (Å²) in [4.78, 5) is 15.0. The van der Waals surface area contributed by atoms with Crippen LogP contribution in [-0.4, -0.2) is 35.0 Å². The minimum atomic E-state index is -0.902. The molecule has 0 radical (unpaired) electrons. The third-order valence-corrected chi connectivity index (χ3v) is 3.95. The molecule has 0 spiro atoms. The maximum atomic E-state index is 10.8. The van der Waals surface area contributed by atoms with Gasteiger partial charge in [-0.3, -0.25) is 0 Å². The van der Waals surface area contributed by atoms with Crippen molar-refractivity contribution in [2.24, 2.45) is 5.92 Å². The van der Waals surface area contributed by atoms with Crippen LogP contribution in [0.25, 0.3) is 0 Å². The summed E-state index contributed by atoms with van der Waals surface area (Å²) >= 11 is 1.63. The second-order valence-corrected chi connectivity index (χ2v) is 5.09. The van der Waals surface area contributed by atoms with Crippen molar-refractivity contribution in [3.8, 4) is 0 Å². The van der Waals surface area contributed by atoms with Crippen LogP contribution >= 0.6 is 11.8 Å². The standard InChI is InChI=1S/C12H15NO3S/c14-12(15)10-1-4-13-11(7-10)17-8-9-2-5-16-6-3-9/h1,4,7,9H,2-3,5-6,8H2,(H,14,15). The molecule has 0 amide bonds. The molecule has 1 aromatic heterocycles. The normalized spacial score (nSPS) is 16.9. The Hall–Kier alpha value is -1.07. The van der Waals surface area contributed by atoms with Gasteiger partial charge in [0.2, 0.25) is 0 Å². The molecule has 0 saturated carbocycles.